The summed E-state index contributed by atoms with van der Waals surface area (Å²) >= 11 is 18.4. The molecule has 0 aliphatic carbocycles. The van der Waals surface area contributed by atoms with Crippen molar-refractivity contribution < 1.29 is 14.3 Å². The van der Waals surface area contributed by atoms with Gasteiger partial charge in [0.1, 0.15) is 0 Å². The van der Waals surface area contributed by atoms with E-state index in [1.54, 1.807) is 42.5 Å². The maximum Gasteiger partial charge on any atom is 0.271 e. The largest absolute Gasteiger partial charge is 0.381 e. The molecule has 0 spiro atoms. The number of halogens is 3. The highest BCUT2D eigenvalue weighted by atomic mass is 35.5. The standard InChI is InChI=1S/C19H17Cl3N2O3/c20-12-5-6-14(16(22)11-12)19(7-9-27-10-8-19)18(26)24-23-17(25)13-3-1-2-4-15(13)21/h1-6,11H,7-10H2,(H,23,25)(H,24,26). The first-order valence-corrected chi connectivity index (χ1v) is 9.46. The number of rotatable bonds is 3. The van der Waals surface area contributed by atoms with Gasteiger partial charge in [-0.1, -0.05) is 53.0 Å². The van der Waals surface area contributed by atoms with Crippen LogP contribution in [0.3, 0.4) is 0 Å². The summed E-state index contributed by atoms with van der Waals surface area (Å²) in [6, 6.07) is 11.6. The van der Waals surface area contributed by atoms with E-state index < -0.39 is 11.3 Å². The number of hydrogen-bond donors (Lipinski definition) is 2. The van der Waals surface area contributed by atoms with Crippen molar-refractivity contribution in [3.8, 4) is 0 Å². The van der Waals surface area contributed by atoms with E-state index in [9.17, 15) is 9.59 Å². The molecule has 5 nitrogen and oxygen atoms in total. The molecule has 0 aromatic heterocycles. The first-order valence-electron chi connectivity index (χ1n) is 8.33. The number of carbonyl (C=O) groups excluding carboxylic acids is 2. The number of carbonyl (C=O) groups is 2. The lowest BCUT2D eigenvalue weighted by molar-refractivity contribution is -0.131. The van der Waals surface area contributed by atoms with E-state index in [1.807, 2.05) is 0 Å². The molecule has 1 aliphatic rings. The van der Waals surface area contributed by atoms with Gasteiger partial charge in [0.2, 0.25) is 5.91 Å². The van der Waals surface area contributed by atoms with Gasteiger partial charge in [0.15, 0.2) is 0 Å². The number of hydrazine groups is 1. The van der Waals surface area contributed by atoms with E-state index in [1.165, 1.54) is 0 Å². The molecule has 0 atom stereocenters. The maximum atomic E-state index is 13.1. The molecule has 1 aliphatic heterocycles. The van der Waals surface area contributed by atoms with Gasteiger partial charge in [-0.05, 0) is 42.7 Å². The van der Waals surface area contributed by atoms with Crippen molar-refractivity contribution in [3.05, 3.63) is 68.7 Å². The molecular weight excluding hydrogens is 411 g/mol. The maximum absolute atomic E-state index is 13.1. The third-order valence-corrected chi connectivity index (χ3v) is 5.51. The fourth-order valence-electron chi connectivity index (χ4n) is 3.16. The minimum atomic E-state index is -0.923. The molecular formula is C19H17Cl3N2O3. The highest BCUT2D eigenvalue weighted by Gasteiger charge is 2.43. The molecule has 2 amide bonds. The van der Waals surface area contributed by atoms with Crippen molar-refractivity contribution in [2.45, 2.75) is 18.3 Å². The number of nitrogens with one attached hydrogen (secondary N) is 2. The second-order valence-corrected chi connectivity index (χ2v) is 7.46. The molecule has 1 saturated heterocycles. The van der Waals surface area contributed by atoms with E-state index in [-0.39, 0.29) is 11.5 Å². The summed E-state index contributed by atoms with van der Waals surface area (Å²) in [5, 5.41) is 1.18. The van der Waals surface area contributed by atoms with E-state index >= 15 is 0 Å². The third kappa shape index (κ3) is 4.22. The molecule has 27 heavy (non-hydrogen) atoms. The lowest BCUT2D eigenvalue weighted by Gasteiger charge is -2.36. The van der Waals surface area contributed by atoms with Crippen LogP contribution in [0.5, 0.6) is 0 Å². The Balaban J connectivity index is 1.82. The number of benzene rings is 2. The van der Waals surface area contributed by atoms with Crippen LogP contribution in [0, 0.1) is 0 Å². The fraction of sp³-hybridized carbons (Fsp3) is 0.263. The van der Waals surface area contributed by atoms with Crippen LogP contribution in [0.4, 0.5) is 0 Å². The Kier molecular flexibility index (Phi) is 6.27. The Bertz CT molecular complexity index is 867. The summed E-state index contributed by atoms with van der Waals surface area (Å²) < 4.78 is 5.42. The van der Waals surface area contributed by atoms with Gasteiger partial charge < -0.3 is 4.74 Å². The Morgan fingerprint density at radius 2 is 1.63 bits per heavy atom. The lowest BCUT2D eigenvalue weighted by atomic mass is 9.73. The monoisotopic (exact) mass is 426 g/mol. The summed E-state index contributed by atoms with van der Waals surface area (Å²) in [6.45, 7) is 0.815. The average molecular weight is 428 g/mol. The Morgan fingerprint density at radius 1 is 0.926 bits per heavy atom. The molecule has 1 heterocycles. The normalized spacial score (nSPS) is 15.8. The van der Waals surface area contributed by atoms with Crippen LogP contribution in [0.25, 0.3) is 0 Å². The molecule has 0 bridgehead atoms. The summed E-state index contributed by atoms with van der Waals surface area (Å²) in [5.41, 5.74) is 4.94. The average Bonchev–Trinajstić information content (AvgIpc) is 2.66. The summed E-state index contributed by atoms with van der Waals surface area (Å²) in [6.07, 6.45) is 0.865. The topological polar surface area (TPSA) is 67.4 Å². The quantitative estimate of drug-likeness (QED) is 0.723. The van der Waals surface area contributed by atoms with Crippen molar-refractivity contribution in [2.24, 2.45) is 0 Å². The molecule has 3 rings (SSSR count). The molecule has 2 N–H and O–H groups in total. The predicted molar refractivity (Wildman–Crippen MR) is 105 cm³/mol. The first-order chi connectivity index (χ1) is 12.9. The molecule has 2 aromatic carbocycles. The lowest BCUT2D eigenvalue weighted by Crippen LogP contribution is -2.53. The van der Waals surface area contributed by atoms with Crippen LogP contribution < -0.4 is 10.9 Å². The molecule has 142 valence electrons. The van der Waals surface area contributed by atoms with E-state index in [2.05, 4.69) is 10.9 Å². The van der Waals surface area contributed by atoms with Crippen LogP contribution in [-0.4, -0.2) is 25.0 Å². The SMILES string of the molecule is O=C(NNC(=O)C1(c2ccc(Cl)cc2Cl)CCOCC1)c1ccccc1Cl. The van der Waals surface area contributed by atoms with Crippen LogP contribution >= 0.6 is 34.8 Å². The molecule has 1 fully saturated rings. The van der Waals surface area contributed by atoms with E-state index in [0.29, 0.717) is 46.7 Å². The van der Waals surface area contributed by atoms with Crippen molar-refractivity contribution in [2.75, 3.05) is 13.2 Å². The number of ether oxygens (including phenoxy) is 1. The van der Waals surface area contributed by atoms with Gasteiger partial charge >= 0.3 is 0 Å². The second-order valence-electron chi connectivity index (χ2n) is 6.21. The van der Waals surface area contributed by atoms with Crippen molar-refractivity contribution in [1.29, 1.82) is 0 Å². The second kappa shape index (κ2) is 8.48. The molecule has 2 aromatic rings. The van der Waals surface area contributed by atoms with Crippen molar-refractivity contribution in [1.82, 2.24) is 10.9 Å². The van der Waals surface area contributed by atoms with Gasteiger partial charge in [0.25, 0.3) is 5.91 Å². The highest BCUT2D eigenvalue weighted by molar-refractivity contribution is 6.35. The van der Waals surface area contributed by atoms with E-state index in [4.69, 9.17) is 39.5 Å². The van der Waals surface area contributed by atoms with E-state index in [0.717, 1.165) is 0 Å². The Labute approximate surface area is 171 Å². The van der Waals surface area contributed by atoms with Gasteiger partial charge in [-0.2, -0.15) is 0 Å². The Hall–Kier alpha value is -1.79. The van der Waals surface area contributed by atoms with Crippen LogP contribution in [0.2, 0.25) is 15.1 Å². The minimum Gasteiger partial charge on any atom is -0.381 e. The van der Waals surface area contributed by atoms with Gasteiger partial charge in [-0.25, -0.2) is 0 Å². The van der Waals surface area contributed by atoms with Gasteiger partial charge in [0.05, 0.1) is 16.0 Å². The first kappa shape index (κ1) is 20.0. The third-order valence-electron chi connectivity index (χ3n) is 4.64. The summed E-state index contributed by atoms with van der Waals surface area (Å²) in [7, 11) is 0. The van der Waals surface area contributed by atoms with Gasteiger partial charge in [0, 0.05) is 23.3 Å². The zero-order chi connectivity index (χ0) is 19.4. The number of hydrogen-bond acceptors (Lipinski definition) is 3. The molecule has 8 heteroatoms. The van der Waals surface area contributed by atoms with Crippen molar-refractivity contribution >= 4 is 46.6 Å². The van der Waals surface area contributed by atoms with Crippen LogP contribution in [0.15, 0.2) is 42.5 Å². The van der Waals surface area contributed by atoms with Gasteiger partial charge in [-0.3, -0.25) is 20.4 Å². The van der Waals surface area contributed by atoms with Crippen LogP contribution in [-0.2, 0) is 14.9 Å². The molecule has 0 radical (unpaired) electrons. The smallest absolute Gasteiger partial charge is 0.271 e. The van der Waals surface area contributed by atoms with Crippen molar-refractivity contribution in [3.63, 3.8) is 0 Å². The highest BCUT2D eigenvalue weighted by Crippen LogP contribution is 2.39. The molecule has 0 saturated carbocycles. The summed E-state index contributed by atoms with van der Waals surface area (Å²) in [5.74, 6) is -0.867. The van der Waals surface area contributed by atoms with Crippen LogP contribution in [0.1, 0.15) is 28.8 Å². The van der Waals surface area contributed by atoms with Gasteiger partial charge in [-0.15, -0.1) is 0 Å². The zero-order valence-electron chi connectivity index (χ0n) is 14.2. The molecule has 0 unspecified atom stereocenters. The number of amides is 2. The minimum absolute atomic E-state index is 0.269. The predicted octanol–water partition coefficient (Wildman–Crippen LogP) is 4.16. The summed E-state index contributed by atoms with van der Waals surface area (Å²) in [4.78, 5) is 25.4. The Morgan fingerprint density at radius 3 is 2.30 bits per heavy atom. The zero-order valence-corrected chi connectivity index (χ0v) is 16.5. The fourth-order valence-corrected chi connectivity index (χ4v) is 3.97.